The highest BCUT2D eigenvalue weighted by Gasteiger charge is 2.14. The number of hydrogen-bond acceptors (Lipinski definition) is 2. The fourth-order valence-electron chi connectivity index (χ4n) is 2.55. The molecule has 3 heteroatoms. The molecule has 120 valence electrons. The standard InChI is InChI=1S/C21H20N2O/c1-16(22-18-12-6-3-7-13-18)21(24)23-20-15-9-8-14-19(20)17-10-4-2-5-11-17/h2-16,22H,1H3,(H,23,24)/t16-/m0/s1. The summed E-state index contributed by atoms with van der Waals surface area (Å²) < 4.78 is 0. The SMILES string of the molecule is C[C@H](Nc1ccccc1)C(=O)Nc1ccccc1-c1ccccc1. The van der Waals surface area contributed by atoms with Gasteiger partial charge in [0.15, 0.2) is 0 Å². The first kappa shape index (κ1) is 15.8. The second-order valence-electron chi connectivity index (χ2n) is 5.63. The molecule has 0 spiro atoms. The van der Waals surface area contributed by atoms with Crippen LogP contribution in [-0.4, -0.2) is 11.9 Å². The van der Waals surface area contributed by atoms with E-state index < -0.39 is 0 Å². The van der Waals surface area contributed by atoms with E-state index in [0.717, 1.165) is 22.5 Å². The molecule has 0 aliphatic heterocycles. The molecule has 0 radical (unpaired) electrons. The van der Waals surface area contributed by atoms with Gasteiger partial charge in [0, 0.05) is 16.9 Å². The van der Waals surface area contributed by atoms with E-state index in [1.165, 1.54) is 0 Å². The molecule has 0 saturated carbocycles. The Bertz CT molecular complexity index is 800. The zero-order chi connectivity index (χ0) is 16.8. The second-order valence-corrected chi connectivity index (χ2v) is 5.63. The van der Waals surface area contributed by atoms with Crippen molar-refractivity contribution in [2.75, 3.05) is 10.6 Å². The van der Waals surface area contributed by atoms with Crippen molar-refractivity contribution >= 4 is 17.3 Å². The predicted octanol–water partition coefficient (Wildman–Crippen LogP) is 4.79. The number of carbonyl (C=O) groups excluding carboxylic acids is 1. The second kappa shape index (κ2) is 7.47. The van der Waals surface area contributed by atoms with E-state index in [4.69, 9.17) is 0 Å². The van der Waals surface area contributed by atoms with Crippen molar-refractivity contribution in [3.8, 4) is 11.1 Å². The van der Waals surface area contributed by atoms with Crippen molar-refractivity contribution in [1.29, 1.82) is 0 Å². The van der Waals surface area contributed by atoms with Crippen LogP contribution < -0.4 is 10.6 Å². The minimum Gasteiger partial charge on any atom is -0.374 e. The number of carbonyl (C=O) groups is 1. The van der Waals surface area contributed by atoms with Crippen LogP contribution >= 0.6 is 0 Å². The normalized spacial score (nSPS) is 11.5. The molecule has 3 nitrogen and oxygen atoms in total. The third-order valence-corrected chi connectivity index (χ3v) is 3.82. The lowest BCUT2D eigenvalue weighted by molar-refractivity contribution is -0.116. The van der Waals surface area contributed by atoms with Crippen LogP contribution in [-0.2, 0) is 4.79 Å². The first-order valence-corrected chi connectivity index (χ1v) is 8.01. The van der Waals surface area contributed by atoms with Crippen molar-refractivity contribution in [1.82, 2.24) is 0 Å². The van der Waals surface area contributed by atoms with Crippen molar-refractivity contribution in [3.63, 3.8) is 0 Å². The van der Waals surface area contributed by atoms with Gasteiger partial charge in [0.05, 0.1) is 0 Å². The van der Waals surface area contributed by atoms with Crippen LogP contribution in [0.25, 0.3) is 11.1 Å². The Labute approximate surface area is 142 Å². The Morgan fingerprint density at radius 2 is 1.38 bits per heavy atom. The minimum absolute atomic E-state index is 0.0674. The van der Waals surface area contributed by atoms with Gasteiger partial charge in [-0.1, -0.05) is 66.7 Å². The molecule has 1 atom stereocenters. The lowest BCUT2D eigenvalue weighted by atomic mass is 10.0. The highest BCUT2D eigenvalue weighted by atomic mass is 16.2. The highest BCUT2D eigenvalue weighted by Crippen LogP contribution is 2.27. The van der Waals surface area contributed by atoms with Crippen molar-refractivity contribution in [2.24, 2.45) is 0 Å². The van der Waals surface area contributed by atoms with Crippen LogP contribution in [0.3, 0.4) is 0 Å². The molecule has 0 aliphatic carbocycles. The van der Waals surface area contributed by atoms with Crippen molar-refractivity contribution in [2.45, 2.75) is 13.0 Å². The van der Waals surface area contributed by atoms with Gasteiger partial charge < -0.3 is 10.6 Å². The summed E-state index contributed by atoms with van der Waals surface area (Å²) >= 11 is 0. The number of benzene rings is 3. The highest BCUT2D eigenvalue weighted by molar-refractivity contribution is 5.99. The molecule has 0 aliphatic rings. The molecule has 0 unspecified atom stereocenters. The molecule has 0 saturated heterocycles. The summed E-state index contributed by atoms with van der Waals surface area (Å²) in [6.45, 7) is 1.85. The van der Waals surface area contributed by atoms with Crippen molar-refractivity contribution in [3.05, 3.63) is 84.9 Å². The van der Waals surface area contributed by atoms with Crippen LogP contribution in [0, 0.1) is 0 Å². The van der Waals surface area contributed by atoms with Gasteiger partial charge in [-0.3, -0.25) is 4.79 Å². The molecule has 1 amide bonds. The molecule has 0 bridgehead atoms. The van der Waals surface area contributed by atoms with Crippen LogP contribution in [0.15, 0.2) is 84.9 Å². The monoisotopic (exact) mass is 316 g/mol. The average molecular weight is 316 g/mol. The van der Waals surface area contributed by atoms with Gasteiger partial charge in [-0.15, -0.1) is 0 Å². The lowest BCUT2D eigenvalue weighted by Crippen LogP contribution is -2.32. The Balaban J connectivity index is 1.75. The Morgan fingerprint density at radius 1 is 0.792 bits per heavy atom. The average Bonchev–Trinajstić information content (AvgIpc) is 2.63. The summed E-state index contributed by atoms with van der Waals surface area (Å²) in [4.78, 5) is 12.5. The summed E-state index contributed by atoms with van der Waals surface area (Å²) in [6.07, 6.45) is 0. The quantitative estimate of drug-likeness (QED) is 0.710. The third kappa shape index (κ3) is 3.82. The molecular weight excluding hydrogens is 296 g/mol. The topological polar surface area (TPSA) is 41.1 Å². The summed E-state index contributed by atoms with van der Waals surface area (Å²) in [5.41, 5.74) is 3.84. The van der Waals surface area contributed by atoms with E-state index in [-0.39, 0.29) is 11.9 Å². The van der Waals surface area contributed by atoms with Crippen LogP contribution in [0.4, 0.5) is 11.4 Å². The number of rotatable bonds is 5. The molecule has 0 aromatic heterocycles. The van der Waals surface area contributed by atoms with Crippen LogP contribution in [0.2, 0.25) is 0 Å². The first-order valence-electron chi connectivity index (χ1n) is 8.01. The third-order valence-electron chi connectivity index (χ3n) is 3.82. The van der Waals surface area contributed by atoms with E-state index in [9.17, 15) is 4.79 Å². The summed E-state index contributed by atoms with van der Waals surface area (Å²) in [7, 11) is 0. The maximum absolute atomic E-state index is 12.5. The maximum Gasteiger partial charge on any atom is 0.246 e. The molecule has 0 fully saturated rings. The number of amides is 1. The van der Waals surface area contributed by atoms with Gasteiger partial charge >= 0.3 is 0 Å². The molecule has 0 heterocycles. The predicted molar refractivity (Wildman–Crippen MR) is 100 cm³/mol. The van der Waals surface area contributed by atoms with E-state index in [1.54, 1.807) is 0 Å². The van der Waals surface area contributed by atoms with Gasteiger partial charge in [0.2, 0.25) is 5.91 Å². The lowest BCUT2D eigenvalue weighted by Gasteiger charge is -2.17. The van der Waals surface area contributed by atoms with E-state index in [0.29, 0.717) is 0 Å². The summed E-state index contributed by atoms with van der Waals surface area (Å²) in [5.74, 6) is -0.0674. The minimum atomic E-state index is -0.337. The van der Waals surface area contributed by atoms with Gasteiger partial charge in [-0.2, -0.15) is 0 Å². The zero-order valence-electron chi connectivity index (χ0n) is 13.6. The number of anilines is 2. The molecule has 24 heavy (non-hydrogen) atoms. The van der Waals surface area contributed by atoms with Gasteiger partial charge in [0.1, 0.15) is 6.04 Å². The number of para-hydroxylation sites is 2. The molecule has 3 rings (SSSR count). The zero-order valence-corrected chi connectivity index (χ0v) is 13.6. The van der Waals surface area contributed by atoms with Crippen LogP contribution in [0.1, 0.15) is 6.92 Å². The summed E-state index contributed by atoms with van der Waals surface area (Å²) in [5, 5.41) is 6.24. The largest absolute Gasteiger partial charge is 0.374 e. The fraction of sp³-hybridized carbons (Fsp3) is 0.0952. The number of nitrogens with one attached hydrogen (secondary N) is 2. The first-order chi connectivity index (χ1) is 11.7. The fourth-order valence-corrected chi connectivity index (χ4v) is 2.55. The van der Waals surface area contributed by atoms with Crippen molar-refractivity contribution < 1.29 is 4.79 Å². The molecule has 2 N–H and O–H groups in total. The smallest absolute Gasteiger partial charge is 0.246 e. The van der Waals surface area contributed by atoms with E-state index in [2.05, 4.69) is 10.6 Å². The Kier molecular flexibility index (Phi) is 4.92. The van der Waals surface area contributed by atoms with Gasteiger partial charge in [-0.05, 0) is 30.7 Å². The van der Waals surface area contributed by atoms with Gasteiger partial charge in [-0.25, -0.2) is 0 Å². The molecule has 3 aromatic rings. The van der Waals surface area contributed by atoms with Gasteiger partial charge in [0.25, 0.3) is 0 Å². The van der Waals surface area contributed by atoms with E-state index in [1.807, 2.05) is 91.9 Å². The van der Waals surface area contributed by atoms with Crippen LogP contribution in [0.5, 0.6) is 0 Å². The summed E-state index contributed by atoms with van der Waals surface area (Å²) in [6, 6.07) is 27.3. The Hall–Kier alpha value is -3.07. The molecular formula is C21H20N2O. The number of hydrogen-bond donors (Lipinski definition) is 2. The molecule has 3 aromatic carbocycles. The van der Waals surface area contributed by atoms with E-state index >= 15 is 0 Å². The Morgan fingerprint density at radius 3 is 2.08 bits per heavy atom. The maximum atomic E-state index is 12.5.